The number of aromatic nitrogens is 1. The van der Waals surface area contributed by atoms with E-state index < -0.39 is 0 Å². The zero-order chi connectivity index (χ0) is 13.3. The van der Waals surface area contributed by atoms with Crippen molar-refractivity contribution in [3.05, 3.63) is 30.0 Å². The van der Waals surface area contributed by atoms with E-state index in [1.54, 1.807) is 0 Å². The Balaban J connectivity index is 0.00000180. The van der Waals surface area contributed by atoms with Crippen molar-refractivity contribution < 1.29 is 9.32 Å². The highest BCUT2D eigenvalue weighted by Gasteiger charge is 2.29. The number of carbonyl (C=O) groups is 1. The second kappa shape index (κ2) is 5.97. The molecule has 0 aliphatic heterocycles. The third-order valence-electron chi connectivity index (χ3n) is 3.02. The van der Waals surface area contributed by atoms with Crippen molar-refractivity contribution in [1.29, 1.82) is 0 Å². The molecule has 0 spiro atoms. The van der Waals surface area contributed by atoms with Gasteiger partial charge in [-0.1, -0.05) is 38.6 Å². The molecule has 104 valence electrons. The molecule has 1 atom stereocenters. The molecule has 4 heteroatoms. The van der Waals surface area contributed by atoms with E-state index in [2.05, 4.69) is 5.16 Å². The summed E-state index contributed by atoms with van der Waals surface area (Å²) in [6, 6.07) is 7.26. The summed E-state index contributed by atoms with van der Waals surface area (Å²) >= 11 is 0. The molecule has 1 aromatic heterocycles. The van der Waals surface area contributed by atoms with E-state index in [0.717, 1.165) is 11.0 Å². The molecule has 0 N–H and O–H groups in total. The van der Waals surface area contributed by atoms with Crippen molar-refractivity contribution in [2.24, 2.45) is 5.92 Å². The summed E-state index contributed by atoms with van der Waals surface area (Å²) in [5, 5.41) is 4.99. The minimum atomic E-state index is -0.353. The number of para-hydroxylation sites is 1. The summed E-state index contributed by atoms with van der Waals surface area (Å²) in [5.41, 5.74) is 1.42. The molecule has 2 rings (SSSR count). The van der Waals surface area contributed by atoms with Crippen LogP contribution in [0.4, 0.5) is 0 Å². The van der Waals surface area contributed by atoms with Gasteiger partial charge < -0.3 is 4.52 Å². The average molecular weight is 262 g/mol. The maximum atomic E-state index is 12.3. The molecular formula is C15H22N2O2. The normalized spacial score (nSPS) is 12.7. The van der Waals surface area contributed by atoms with E-state index in [9.17, 15) is 4.79 Å². The molecule has 0 aliphatic carbocycles. The predicted octanol–water partition coefficient (Wildman–Crippen LogP) is 3.29. The highest BCUT2D eigenvalue weighted by atomic mass is 16.5. The van der Waals surface area contributed by atoms with E-state index in [-0.39, 0.29) is 25.2 Å². The van der Waals surface area contributed by atoms with Crippen LogP contribution in [-0.2, 0) is 4.79 Å². The standard InChI is InChI=1S/C14H18N2O2.CH4/c1-9(2)14(17)13(16(3)4)12-10-7-5-6-8-11(10)18-15-12;/h5-9,13H,1-4H3;1H4. The lowest BCUT2D eigenvalue weighted by Crippen LogP contribution is -2.31. The van der Waals surface area contributed by atoms with Crippen molar-refractivity contribution in [1.82, 2.24) is 10.1 Å². The Hall–Kier alpha value is -1.68. The van der Waals surface area contributed by atoms with Crippen molar-refractivity contribution in [2.45, 2.75) is 27.3 Å². The van der Waals surface area contributed by atoms with Crippen LogP contribution in [0, 0.1) is 5.92 Å². The fraction of sp³-hybridized carbons (Fsp3) is 0.467. The number of hydrogen-bond donors (Lipinski definition) is 0. The number of benzene rings is 1. The van der Waals surface area contributed by atoms with E-state index in [0.29, 0.717) is 5.69 Å². The first-order valence-electron chi connectivity index (χ1n) is 6.07. The summed E-state index contributed by atoms with van der Waals surface area (Å²) in [6.07, 6.45) is 0. The molecule has 0 saturated heterocycles. The van der Waals surface area contributed by atoms with Gasteiger partial charge in [-0.3, -0.25) is 9.69 Å². The third-order valence-corrected chi connectivity index (χ3v) is 3.02. The molecule has 0 radical (unpaired) electrons. The fourth-order valence-corrected chi connectivity index (χ4v) is 2.05. The van der Waals surface area contributed by atoms with E-state index in [1.807, 2.05) is 57.1 Å². The summed E-state index contributed by atoms with van der Waals surface area (Å²) in [6.45, 7) is 3.81. The Morgan fingerprint density at radius 1 is 1.26 bits per heavy atom. The Morgan fingerprint density at radius 2 is 1.89 bits per heavy atom. The molecule has 1 unspecified atom stereocenters. The van der Waals surface area contributed by atoms with Crippen LogP contribution >= 0.6 is 0 Å². The number of Topliss-reactive ketones (excluding diaryl/α,β-unsaturated/α-hetero) is 1. The highest BCUT2D eigenvalue weighted by molar-refractivity contribution is 5.91. The minimum absolute atomic E-state index is 0. The molecule has 2 aromatic rings. The molecule has 0 amide bonds. The fourth-order valence-electron chi connectivity index (χ4n) is 2.05. The van der Waals surface area contributed by atoms with Crippen LogP contribution in [0.25, 0.3) is 11.0 Å². The second-order valence-electron chi connectivity index (χ2n) is 4.99. The van der Waals surface area contributed by atoms with Gasteiger partial charge in [0.15, 0.2) is 11.4 Å². The van der Waals surface area contributed by atoms with Crippen molar-refractivity contribution in [3.8, 4) is 0 Å². The van der Waals surface area contributed by atoms with E-state index in [4.69, 9.17) is 4.52 Å². The number of fused-ring (bicyclic) bond motifs is 1. The largest absolute Gasteiger partial charge is 0.356 e. The lowest BCUT2D eigenvalue weighted by atomic mass is 9.96. The SMILES string of the molecule is C.CC(C)C(=O)C(c1noc2ccccc12)N(C)C. The van der Waals surface area contributed by atoms with Gasteiger partial charge in [0.05, 0.1) is 0 Å². The molecule has 0 fully saturated rings. The lowest BCUT2D eigenvalue weighted by Gasteiger charge is -2.22. The van der Waals surface area contributed by atoms with Gasteiger partial charge in [0.1, 0.15) is 11.7 Å². The number of ketones is 1. The maximum absolute atomic E-state index is 12.3. The number of rotatable bonds is 4. The summed E-state index contributed by atoms with van der Waals surface area (Å²) in [4.78, 5) is 14.2. The summed E-state index contributed by atoms with van der Waals surface area (Å²) in [5.74, 6) is 0.118. The van der Waals surface area contributed by atoms with Crippen LogP contribution in [0.5, 0.6) is 0 Å². The number of carbonyl (C=O) groups excluding carboxylic acids is 1. The number of nitrogens with zero attached hydrogens (tertiary/aromatic N) is 2. The molecule has 4 nitrogen and oxygen atoms in total. The summed E-state index contributed by atoms with van der Waals surface area (Å²) < 4.78 is 5.28. The molecule has 1 heterocycles. The van der Waals surface area contributed by atoms with Crippen LogP contribution in [0.2, 0.25) is 0 Å². The first kappa shape index (κ1) is 15.4. The van der Waals surface area contributed by atoms with Gasteiger partial charge in [0, 0.05) is 11.3 Å². The van der Waals surface area contributed by atoms with Crippen LogP contribution in [0.3, 0.4) is 0 Å². The van der Waals surface area contributed by atoms with E-state index in [1.165, 1.54) is 0 Å². The monoisotopic (exact) mass is 262 g/mol. The average Bonchev–Trinajstić information content (AvgIpc) is 2.73. The van der Waals surface area contributed by atoms with E-state index >= 15 is 0 Å². The van der Waals surface area contributed by atoms with Gasteiger partial charge in [-0.15, -0.1) is 0 Å². The second-order valence-corrected chi connectivity index (χ2v) is 4.99. The zero-order valence-electron chi connectivity index (χ0n) is 11.2. The van der Waals surface area contributed by atoms with Crippen LogP contribution in [0.15, 0.2) is 28.8 Å². The quantitative estimate of drug-likeness (QED) is 0.848. The Labute approximate surface area is 114 Å². The molecule has 1 aromatic carbocycles. The van der Waals surface area contributed by atoms with Crippen LogP contribution < -0.4 is 0 Å². The van der Waals surface area contributed by atoms with Gasteiger partial charge in [-0.25, -0.2) is 0 Å². The molecule has 19 heavy (non-hydrogen) atoms. The van der Waals surface area contributed by atoms with Crippen LogP contribution in [0.1, 0.15) is 33.0 Å². The highest BCUT2D eigenvalue weighted by Crippen LogP contribution is 2.28. The molecule has 0 saturated carbocycles. The zero-order valence-corrected chi connectivity index (χ0v) is 11.2. The Bertz CT molecular complexity index is 558. The van der Waals surface area contributed by atoms with Crippen molar-refractivity contribution in [2.75, 3.05) is 14.1 Å². The third kappa shape index (κ3) is 2.84. The summed E-state index contributed by atoms with van der Waals surface area (Å²) in [7, 11) is 3.77. The topological polar surface area (TPSA) is 46.3 Å². The number of hydrogen-bond acceptors (Lipinski definition) is 4. The predicted molar refractivity (Wildman–Crippen MR) is 77.0 cm³/mol. The van der Waals surface area contributed by atoms with Crippen LogP contribution in [-0.4, -0.2) is 29.9 Å². The molecular weight excluding hydrogens is 240 g/mol. The van der Waals surface area contributed by atoms with Crippen molar-refractivity contribution in [3.63, 3.8) is 0 Å². The first-order valence-corrected chi connectivity index (χ1v) is 6.07. The first-order chi connectivity index (χ1) is 8.52. The van der Waals surface area contributed by atoms with Gasteiger partial charge in [-0.05, 0) is 26.2 Å². The Morgan fingerprint density at radius 3 is 2.47 bits per heavy atom. The maximum Gasteiger partial charge on any atom is 0.167 e. The van der Waals surface area contributed by atoms with Crippen molar-refractivity contribution >= 4 is 16.8 Å². The lowest BCUT2D eigenvalue weighted by molar-refractivity contribution is -0.126. The van der Waals surface area contributed by atoms with Gasteiger partial charge in [0.2, 0.25) is 0 Å². The van der Waals surface area contributed by atoms with Gasteiger partial charge >= 0.3 is 0 Å². The minimum Gasteiger partial charge on any atom is -0.356 e. The molecule has 0 aliphatic rings. The Kier molecular flexibility index (Phi) is 4.84. The number of likely N-dealkylation sites (N-methyl/N-ethyl adjacent to an activating group) is 1. The smallest absolute Gasteiger partial charge is 0.167 e. The van der Waals surface area contributed by atoms with Gasteiger partial charge in [-0.2, -0.15) is 0 Å². The van der Waals surface area contributed by atoms with Gasteiger partial charge in [0.25, 0.3) is 0 Å². The molecule has 0 bridgehead atoms.